The first-order valence-electron chi connectivity index (χ1n) is 11.1. The number of amides is 2. The zero-order valence-electron chi connectivity index (χ0n) is 18.6. The van der Waals surface area contributed by atoms with E-state index in [1.165, 1.54) is 6.07 Å². The third-order valence-corrected chi connectivity index (χ3v) is 6.63. The summed E-state index contributed by atoms with van der Waals surface area (Å²) in [7, 11) is 0. The maximum absolute atomic E-state index is 13.0. The molecule has 0 radical (unpaired) electrons. The molecule has 0 aromatic heterocycles. The molecule has 0 bridgehead atoms. The van der Waals surface area contributed by atoms with Crippen molar-refractivity contribution in [2.24, 2.45) is 17.8 Å². The molecule has 162 valence electrons. The first-order valence-corrected chi connectivity index (χ1v) is 11.1. The Labute approximate surface area is 183 Å². The topological polar surface area (TPSA) is 63.7 Å². The van der Waals surface area contributed by atoms with Crippen molar-refractivity contribution in [3.8, 4) is 0 Å². The maximum Gasteiger partial charge on any atom is 0.338 e. The molecule has 4 rings (SSSR count). The highest BCUT2D eigenvalue weighted by atomic mass is 16.5. The monoisotopic (exact) mass is 419 g/mol. The zero-order chi connectivity index (χ0) is 22.3. The normalized spacial score (nSPS) is 23.3. The van der Waals surface area contributed by atoms with E-state index in [0.717, 1.165) is 29.7 Å². The van der Waals surface area contributed by atoms with Gasteiger partial charge in [0, 0.05) is 0 Å². The number of ether oxygens (including phenoxy) is 1. The summed E-state index contributed by atoms with van der Waals surface area (Å²) in [5.74, 6) is 0.0914. The van der Waals surface area contributed by atoms with Crippen LogP contribution >= 0.6 is 0 Å². The van der Waals surface area contributed by atoms with Gasteiger partial charge in [0.15, 0.2) is 0 Å². The van der Waals surface area contributed by atoms with Gasteiger partial charge < -0.3 is 4.74 Å². The minimum atomic E-state index is -0.429. The van der Waals surface area contributed by atoms with Crippen molar-refractivity contribution < 1.29 is 19.1 Å². The Morgan fingerprint density at radius 2 is 1.68 bits per heavy atom. The lowest BCUT2D eigenvalue weighted by Crippen LogP contribution is -2.35. The van der Waals surface area contributed by atoms with E-state index in [0.29, 0.717) is 34.6 Å². The molecule has 3 atom stereocenters. The fourth-order valence-electron chi connectivity index (χ4n) is 4.75. The van der Waals surface area contributed by atoms with E-state index < -0.39 is 11.9 Å². The van der Waals surface area contributed by atoms with E-state index in [1.54, 1.807) is 24.3 Å². The second kappa shape index (κ2) is 8.29. The van der Waals surface area contributed by atoms with E-state index in [9.17, 15) is 14.4 Å². The largest absolute Gasteiger partial charge is 0.458 e. The van der Waals surface area contributed by atoms with Crippen molar-refractivity contribution in [1.29, 1.82) is 0 Å². The molecule has 1 fully saturated rings. The van der Waals surface area contributed by atoms with Crippen LogP contribution in [0.5, 0.6) is 0 Å². The van der Waals surface area contributed by atoms with Gasteiger partial charge in [0.05, 0.1) is 22.4 Å². The molecule has 1 aliphatic carbocycles. The smallest absolute Gasteiger partial charge is 0.338 e. The molecule has 5 heteroatoms. The predicted molar refractivity (Wildman–Crippen MR) is 119 cm³/mol. The molecule has 31 heavy (non-hydrogen) atoms. The number of esters is 1. The van der Waals surface area contributed by atoms with Crippen LogP contribution in [0.2, 0.25) is 0 Å². The Hall–Kier alpha value is -2.95. The van der Waals surface area contributed by atoms with Gasteiger partial charge in [-0.05, 0) is 67.9 Å². The number of carbonyl (C=O) groups excluding carboxylic acids is 3. The number of benzene rings is 2. The Kier molecular flexibility index (Phi) is 5.69. The fourth-order valence-corrected chi connectivity index (χ4v) is 4.75. The highest BCUT2D eigenvalue weighted by Crippen LogP contribution is 2.36. The minimum Gasteiger partial charge on any atom is -0.458 e. The van der Waals surface area contributed by atoms with E-state index in [2.05, 4.69) is 20.8 Å². The summed E-state index contributed by atoms with van der Waals surface area (Å²) >= 11 is 0. The molecule has 2 aromatic carbocycles. The van der Waals surface area contributed by atoms with E-state index in [1.807, 2.05) is 19.1 Å². The summed E-state index contributed by atoms with van der Waals surface area (Å²) in [4.78, 5) is 39.9. The number of hydrogen-bond acceptors (Lipinski definition) is 4. The first-order chi connectivity index (χ1) is 14.8. The summed E-state index contributed by atoms with van der Waals surface area (Å²) in [6.45, 7) is 8.47. The molecule has 2 amide bonds. The number of fused-ring (bicyclic) bond motifs is 1. The average Bonchev–Trinajstić information content (AvgIpc) is 2.98. The van der Waals surface area contributed by atoms with E-state index in [-0.39, 0.29) is 17.6 Å². The van der Waals surface area contributed by atoms with Gasteiger partial charge >= 0.3 is 5.97 Å². The van der Waals surface area contributed by atoms with E-state index in [4.69, 9.17) is 4.74 Å². The summed E-state index contributed by atoms with van der Waals surface area (Å²) in [6, 6.07) is 11.9. The van der Waals surface area contributed by atoms with Gasteiger partial charge in [0.1, 0.15) is 6.10 Å². The molecule has 1 aliphatic heterocycles. The van der Waals surface area contributed by atoms with Crippen molar-refractivity contribution in [2.45, 2.75) is 53.1 Å². The number of nitrogens with zero attached hydrogens (tertiary/aromatic N) is 1. The maximum atomic E-state index is 13.0. The van der Waals surface area contributed by atoms with Crippen molar-refractivity contribution >= 4 is 23.5 Å². The number of imide groups is 1. The summed E-state index contributed by atoms with van der Waals surface area (Å²) in [5, 5.41) is 0. The molecule has 2 aliphatic rings. The predicted octanol–water partition coefficient (Wildman–Crippen LogP) is 5.41. The first kappa shape index (κ1) is 21.3. The van der Waals surface area contributed by atoms with Gasteiger partial charge in [-0.15, -0.1) is 0 Å². The van der Waals surface area contributed by atoms with Crippen LogP contribution in [0.1, 0.15) is 76.7 Å². The molecule has 1 saturated carbocycles. The highest BCUT2D eigenvalue weighted by Gasteiger charge is 2.38. The average molecular weight is 420 g/mol. The van der Waals surface area contributed by atoms with Crippen LogP contribution in [0.15, 0.2) is 42.5 Å². The van der Waals surface area contributed by atoms with Crippen LogP contribution in [-0.4, -0.2) is 23.9 Å². The lowest BCUT2D eigenvalue weighted by molar-refractivity contribution is -0.0174. The number of anilines is 1. The van der Waals surface area contributed by atoms with Gasteiger partial charge in [-0.25, -0.2) is 9.69 Å². The molecule has 0 N–H and O–H groups in total. The van der Waals surface area contributed by atoms with Crippen molar-refractivity contribution in [3.63, 3.8) is 0 Å². The standard InChI is InChI=1S/C26H29NO4/c1-15(2)20-11-7-17(4)13-23(20)31-26(30)18-8-12-21-22(14-18)25(29)27(24(21)28)19-9-5-16(3)6-10-19/h5-6,8-10,12,14-15,17,20,23H,7,11,13H2,1-4H3/t17-,20-,23+/m0/s1. The van der Waals surface area contributed by atoms with Crippen LogP contribution in [-0.2, 0) is 4.74 Å². The van der Waals surface area contributed by atoms with Crippen LogP contribution in [0.25, 0.3) is 0 Å². The quantitative estimate of drug-likeness (QED) is 0.491. The highest BCUT2D eigenvalue weighted by molar-refractivity contribution is 6.34. The Morgan fingerprint density at radius 1 is 1.00 bits per heavy atom. The van der Waals surface area contributed by atoms with Gasteiger partial charge in [0.25, 0.3) is 11.8 Å². The fraction of sp³-hybridized carbons (Fsp3) is 0.423. The minimum absolute atomic E-state index is 0.120. The third kappa shape index (κ3) is 4.01. The third-order valence-electron chi connectivity index (χ3n) is 6.63. The molecule has 1 heterocycles. The molecule has 5 nitrogen and oxygen atoms in total. The van der Waals surface area contributed by atoms with E-state index >= 15 is 0 Å². The number of hydrogen-bond donors (Lipinski definition) is 0. The number of carbonyl (C=O) groups is 3. The van der Waals surface area contributed by atoms with Crippen LogP contribution in [0.3, 0.4) is 0 Å². The lowest BCUT2D eigenvalue weighted by atomic mass is 9.75. The van der Waals surface area contributed by atoms with Gasteiger partial charge in [-0.3, -0.25) is 9.59 Å². The summed E-state index contributed by atoms with van der Waals surface area (Å²) in [5.41, 5.74) is 2.44. The summed E-state index contributed by atoms with van der Waals surface area (Å²) in [6.07, 6.45) is 2.95. The Bertz CT molecular complexity index is 1020. The van der Waals surface area contributed by atoms with Crippen LogP contribution in [0, 0.1) is 24.7 Å². The second-order valence-corrected chi connectivity index (χ2v) is 9.31. The van der Waals surface area contributed by atoms with Gasteiger partial charge in [-0.2, -0.15) is 0 Å². The molecule has 0 saturated heterocycles. The van der Waals surface area contributed by atoms with Crippen molar-refractivity contribution in [1.82, 2.24) is 0 Å². The second-order valence-electron chi connectivity index (χ2n) is 9.31. The Balaban J connectivity index is 1.57. The molecule has 2 aromatic rings. The van der Waals surface area contributed by atoms with Gasteiger partial charge in [0.2, 0.25) is 0 Å². The molecule has 0 unspecified atom stereocenters. The number of rotatable bonds is 4. The van der Waals surface area contributed by atoms with Crippen molar-refractivity contribution in [2.75, 3.05) is 4.90 Å². The Morgan fingerprint density at radius 3 is 2.35 bits per heavy atom. The molecule has 0 spiro atoms. The van der Waals surface area contributed by atoms with Gasteiger partial charge in [-0.1, -0.05) is 44.9 Å². The lowest BCUT2D eigenvalue weighted by Gasteiger charge is -2.36. The molecular weight excluding hydrogens is 390 g/mol. The molecular formula is C26H29NO4. The number of aryl methyl sites for hydroxylation is 1. The van der Waals surface area contributed by atoms with Crippen LogP contribution in [0.4, 0.5) is 5.69 Å². The van der Waals surface area contributed by atoms with Crippen molar-refractivity contribution in [3.05, 3.63) is 64.7 Å². The zero-order valence-corrected chi connectivity index (χ0v) is 18.6. The summed E-state index contributed by atoms with van der Waals surface area (Å²) < 4.78 is 5.92. The van der Waals surface area contributed by atoms with Crippen LogP contribution < -0.4 is 4.90 Å². The SMILES string of the molecule is Cc1ccc(N2C(=O)c3ccc(C(=O)O[C@@H]4C[C@@H](C)CC[C@H]4C(C)C)cc3C2=O)cc1.